The third-order valence-electron chi connectivity index (χ3n) is 13.4. The molecule has 0 radical (unpaired) electrons. The number of alkyl halides is 1. The van der Waals surface area contributed by atoms with Crippen molar-refractivity contribution in [1.82, 2.24) is 9.80 Å². The second-order valence-corrected chi connectivity index (χ2v) is 18.3. The molecule has 4 heterocycles. The van der Waals surface area contributed by atoms with Gasteiger partial charge in [0.05, 0.1) is 61.9 Å². The number of hydrogen-bond acceptors (Lipinski definition) is 13. The molecule has 0 N–H and O–H groups in total. The van der Waals surface area contributed by atoms with Crippen LogP contribution in [-0.4, -0.2) is 114 Å². The fraction of sp³-hybridized carbons (Fsp3) is 0.293. The van der Waals surface area contributed by atoms with Crippen molar-refractivity contribution in [3.63, 3.8) is 0 Å². The van der Waals surface area contributed by atoms with Crippen molar-refractivity contribution in [3.8, 4) is 0 Å². The van der Waals surface area contributed by atoms with Gasteiger partial charge in [-0.1, -0.05) is 146 Å². The number of halogens is 1. The standard InChI is InChI=1S/C58H53FN2O13/c1-36(62)71-49-46(35-68-31-38-20-8-3-9-21-38)73-58(48(52(49)70-33-40-24-12-5-13-25-40)61-56(65)43-28-16-17-29-44(43)57(61)66)74-50-45(34-67-30-37-18-6-2-7-19-37)72-53(59)47(51(50)69-32-39-22-10-4-11-23-39)60-54(63)41-26-14-15-27-42(41)55(60)64/h2-29,45-53,58H,30-35H2,1H3. The monoisotopic (exact) mass is 1000 g/mol. The molecule has 0 bridgehead atoms. The molecule has 2 fully saturated rings. The lowest BCUT2D eigenvalue weighted by atomic mass is 9.92. The molecule has 2 saturated heterocycles. The number of ether oxygens (including phenoxy) is 8. The summed E-state index contributed by atoms with van der Waals surface area (Å²) in [7, 11) is 0. The maximum absolute atomic E-state index is 17.4. The van der Waals surface area contributed by atoms with E-state index in [-0.39, 0.29) is 61.9 Å². The second kappa shape index (κ2) is 22.9. The fourth-order valence-electron chi connectivity index (χ4n) is 9.95. The molecule has 0 aromatic heterocycles. The van der Waals surface area contributed by atoms with Crippen LogP contribution in [0.3, 0.4) is 0 Å². The summed E-state index contributed by atoms with van der Waals surface area (Å²) in [5, 5.41) is 0. The van der Waals surface area contributed by atoms with Gasteiger partial charge in [-0.3, -0.25) is 33.8 Å². The number of hydrogen-bond donors (Lipinski definition) is 0. The van der Waals surface area contributed by atoms with Crippen LogP contribution in [0.2, 0.25) is 0 Å². The number of carbonyl (C=O) groups is 5. The van der Waals surface area contributed by atoms with E-state index in [1.165, 1.54) is 31.2 Å². The van der Waals surface area contributed by atoms with Crippen LogP contribution in [0.5, 0.6) is 0 Å². The van der Waals surface area contributed by atoms with Gasteiger partial charge in [-0.15, -0.1) is 0 Å². The molecule has 0 spiro atoms. The summed E-state index contributed by atoms with van der Waals surface area (Å²) in [6.07, 6.45) is -12.4. The summed E-state index contributed by atoms with van der Waals surface area (Å²) < 4.78 is 69.9. The first kappa shape index (κ1) is 50.3. The first-order valence-electron chi connectivity index (χ1n) is 24.4. The van der Waals surface area contributed by atoms with Crippen LogP contribution in [0, 0.1) is 0 Å². The summed E-state index contributed by atoms with van der Waals surface area (Å²) in [5.74, 6) is -3.70. The van der Waals surface area contributed by atoms with Gasteiger partial charge in [0.25, 0.3) is 23.6 Å². The Morgan fingerprint density at radius 3 is 1.22 bits per heavy atom. The summed E-state index contributed by atoms with van der Waals surface area (Å²) in [6.45, 7) is 0.604. The molecular formula is C58H53FN2O13. The molecule has 16 heteroatoms. The minimum absolute atomic E-state index is 0.0619. The van der Waals surface area contributed by atoms with E-state index >= 15 is 4.39 Å². The van der Waals surface area contributed by atoms with E-state index in [0.29, 0.717) is 11.1 Å². The topological polar surface area (TPSA) is 166 Å². The van der Waals surface area contributed by atoms with Gasteiger partial charge in [-0.25, -0.2) is 4.39 Å². The molecule has 0 aliphatic carbocycles. The van der Waals surface area contributed by atoms with Gasteiger partial charge in [-0.05, 0) is 46.5 Å². The molecular weight excluding hydrogens is 952 g/mol. The van der Waals surface area contributed by atoms with Crippen molar-refractivity contribution in [3.05, 3.63) is 214 Å². The predicted octanol–water partition coefficient (Wildman–Crippen LogP) is 7.66. The Bertz CT molecular complexity index is 2860. The van der Waals surface area contributed by atoms with E-state index in [0.717, 1.165) is 20.9 Å². The SMILES string of the molecule is CC(=O)OC1C(COCc2ccccc2)OC(OC2C(COCc3ccccc3)OC(F)C(N3C(=O)c4ccccc4C3=O)C2OCc2ccccc2)C(N2C(=O)c3ccccc3C2=O)C1OCc1ccccc1. The number of imide groups is 2. The number of fused-ring (bicyclic) bond motifs is 2. The quantitative estimate of drug-likeness (QED) is 0.0574. The van der Waals surface area contributed by atoms with E-state index in [1.807, 2.05) is 97.1 Å². The Morgan fingerprint density at radius 1 is 0.459 bits per heavy atom. The molecule has 10 atom stereocenters. The zero-order chi connectivity index (χ0) is 51.1. The van der Waals surface area contributed by atoms with Crippen molar-refractivity contribution < 1.29 is 66.3 Å². The van der Waals surface area contributed by atoms with E-state index in [9.17, 15) is 24.0 Å². The lowest BCUT2D eigenvalue weighted by Crippen LogP contribution is -2.70. The lowest BCUT2D eigenvalue weighted by Gasteiger charge is -2.51. The van der Waals surface area contributed by atoms with Gasteiger partial charge in [0.1, 0.15) is 42.6 Å². The number of carbonyl (C=O) groups excluding carboxylic acids is 5. The Morgan fingerprint density at radius 2 is 0.811 bits per heavy atom. The predicted molar refractivity (Wildman–Crippen MR) is 263 cm³/mol. The van der Waals surface area contributed by atoms with Gasteiger partial charge in [-0.2, -0.15) is 0 Å². The number of nitrogens with zero attached hydrogens (tertiary/aromatic N) is 2. The van der Waals surface area contributed by atoms with Crippen molar-refractivity contribution in [2.24, 2.45) is 0 Å². The average Bonchev–Trinajstić information content (AvgIpc) is 3.83. The number of esters is 1. The normalized spacial score (nSPS) is 25.5. The summed E-state index contributed by atoms with van der Waals surface area (Å²) >= 11 is 0. The van der Waals surface area contributed by atoms with Gasteiger partial charge in [0.2, 0.25) is 6.36 Å². The zero-order valence-electron chi connectivity index (χ0n) is 40.3. The van der Waals surface area contributed by atoms with Crippen LogP contribution in [0.4, 0.5) is 4.39 Å². The summed E-state index contributed by atoms with van der Waals surface area (Å²) in [5.41, 5.74) is 3.32. The van der Waals surface area contributed by atoms with Crippen LogP contribution in [0.15, 0.2) is 170 Å². The number of rotatable bonds is 19. The third-order valence-corrected chi connectivity index (χ3v) is 13.4. The smallest absolute Gasteiger partial charge is 0.303 e. The molecule has 15 nitrogen and oxygen atoms in total. The number of amides is 4. The van der Waals surface area contributed by atoms with E-state index in [4.69, 9.17) is 37.9 Å². The third kappa shape index (κ3) is 10.7. The number of benzene rings is 6. The lowest BCUT2D eigenvalue weighted by molar-refractivity contribution is -0.339. The molecule has 10 unspecified atom stereocenters. The molecule has 6 aromatic carbocycles. The molecule has 4 amide bonds. The van der Waals surface area contributed by atoms with Crippen LogP contribution >= 0.6 is 0 Å². The van der Waals surface area contributed by atoms with Gasteiger partial charge in [0.15, 0.2) is 12.4 Å². The fourth-order valence-corrected chi connectivity index (χ4v) is 9.95. The largest absolute Gasteiger partial charge is 0.457 e. The highest BCUT2D eigenvalue weighted by atomic mass is 19.1. The average molecular weight is 1010 g/mol. The van der Waals surface area contributed by atoms with Gasteiger partial charge < -0.3 is 37.9 Å². The molecule has 4 aliphatic heterocycles. The Labute approximate surface area is 426 Å². The molecule has 74 heavy (non-hydrogen) atoms. The van der Waals surface area contributed by atoms with Crippen LogP contribution in [0.25, 0.3) is 0 Å². The Kier molecular flexibility index (Phi) is 15.5. The minimum atomic E-state index is -2.35. The summed E-state index contributed by atoms with van der Waals surface area (Å²) in [4.78, 5) is 73.4. The maximum atomic E-state index is 17.4. The first-order chi connectivity index (χ1) is 36.1. The highest BCUT2D eigenvalue weighted by molar-refractivity contribution is 6.22. The Hall–Kier alpha value is -7.28. The highest BCUT2D eigenvalue weighted by Crippen LogP contribution is 2.41. The van der Waals surface area contributed by atoms with Gasteiger partial charge >= 0.3 is 5.97 Å². The van der Waals surface area contributed by atoms with E-state index in [1.54, 1.807) is 48.5 Å². The maximum Gasteiger partial charge on any atom is 0.303 e. The molecule has 380 valence electrons. The highest BCUT2D eigenvalue weighted by Gasteiger charge is 2.60. The van der Waals surface area contributed by atoms with Crippen molar-refractivity contribution in [2.45, 2.75) is 94.7 Å². The van der Waals surface area contributed by atoms with Crippen LogP contribution in [0.1, 0.15) is 70.6 Å². The molecule has 0 saturated carbocycles. The van der Waals surface area contributed by atoms with E-state index < -0.39 is 91.0 Å². The molecule has 4 aliphatic rings. The van der Waals surface area contributed by atoms with Crippen molar-refractivity contribution in [2.75, 3.05) is 13.2 Å². The summed E-state index contributed by atoms with van der Waals surface area (Å²) in [6, 6.07) is 45.9. The first-order valence-corrected chi connectivity index (χ1v) is 24.4. The van der Waals surface area contributed by atoms with Crippen LogP contribution < -0.4 is 0 Å². The van der Waals surface area contributed by atoms with Gasteiger partial charge in [0, 0.05) is 6.92 Å². The zero-order valence-corrected chi connectivity index (χ0v) is 40.3. The van der Waals surface area contributed by atoms with Crippen molar-refractivity contribution >= 4 is 29.6 Å². The van der Waals surface area contributed by atoms with Crippen LogP contribution in [-0.2, 0) is 69.1 Å². The Balaban J connectivity index is 1.10. The second-order valence-electron chi connectivity index (χ2n) is 18.3. The minimum Gasteiger partial charge on any atom is -0.457 e. The molecule has 6 aromatic rings. The van der Waals surface area contributed by atoms with Crippen molar-refractivity contribution in [1.29, 1.82) is 0 Å². The van der Waals surface area contributed by atoms with E-state index in [2.05, 4.69) is 0 Å². The molecule has 10 rings (SSSR count).